The molecular weight excluding hydrogens is 325 g/mol. The number of hydrogen-bond donors (Lipinski definition) is 2. The van der Waals surface area contributed by atoms with Crippen molar-refractivity contribution in [3.63, 3.8) is 0 Å². The number of rotatable bonds is 5. The molecule has 126 valence electrons. The highest BCUT2D eigenvalue weighted by molar-refractivity contribution is 7.89. The second-order valence-electron chi connectivity index (χ2n) is 6.20. The van der Waals surface area contributed by atoms with Gasteiger partial charge in [-0.05, 0) is 43.9 Å². The minimum atomic E-state index is -4.00. The minimum Gasteiger partial charge on any atom is -0.478 e. The van der Waals surface area contributed by atoms with Crippen molar-refractivity contribution < 1.29 is 27.4 Å². The van der Waals surface area contributed by atoms with Gasteiger partial charge in [-0.2, -0.15) is 0 Å². The van der Waals surface area contributed by atoms with E-state index in [2.05, 4.69) is 4.72 Å². The van der Waals surface area contributed by atoms with Crippen LogP contribution in [0.1, 0.15) is 35.2 Å². The molecule has 0 aromatic heterocycles. The molecule has 6 nitrogen and oxygen atoms in total. The number of carbonyl (C=O) groups is 1. The summed E-state index contributed by atoms with van der Waals surface area (Å²) >= 11 is 0. The van der Waals surface area contributed by atoms with Gasteiger partial charge in [0.05, 0.1) is 17.1 Å². The second kappa shape index (κ2) is 5.54. The van der Waals surface area contributed by atoms with E-state index in [9.17, 15) is 17.6 Å². The van der Waals surface area contributed by atoms with Crippen molar-refractivity contribution in [1.82, 2.24) is 4.72 Å². The monoisotopic (exact) mass is 343 g/mol. The van der Waals surface area contributed by atoms with Crippen molar-refractivity contribution in [1.29, 1.82) is 0 Å². The van der Waals surface area contributed by atoms with Gasteiger partial charge in [0.25, 0.3) is 0 Å². The quantitative estimate of drug-likeness (QED) is 0.848. The third kappa shape index (κ3) is 2.98. The fourth-order valence-electron chi connectivity index (χ4n) is 3.06. The molecule has 1 unspecified atom stereocenters. The molecule has 1 aliphatic carbocycles. The SMILES string of the molecule is Cc1c(F)cc(S(=O)(=O)NC2(C3CCOC3)CC2)cc1C(=O)O. The van der Waals surface area contributed by atoms with Gasteiger partial charge in [0.15, 0.2) is 0 Å². The lowest BCUT2D eigenvalue weighted by Crippen LogP contribution is -2.42. The van der Waals surface area contributed by atoms with Crippen molar-refractivity contribution in [2.45, 2.75) is 36.6 Å². The van der Waals surface area contributed by atoms with E-state index in [1.54, 1.807) is 0 Å². The summed E-state index contributed by atoms with van der Waals surface area (Å²) in [5.41, 5.74) is -0.971. The smallest absolute Gasteiger partial charge is 0.336 e. The van der Waals surface area contributed by atoms with E-state index in [4.69, 9.17) is 9.84 Å². The number of benzene rings is 1. The Morgan fingerprint density at radius 3 is 2.65 bits per heavy atom. The van der Waals surface area contributed by atoms with E-state index >= 15 is 0 Å². The van der Waals surface area contributed by atoms with Gasteiger partial charge in [-0.15, -0.1) is 0 Å². The van der Waals surface area contributed by atoms with Crippen LogP contribution in [0.2, 0.25) is 0 Å². The molecule has 0 radical (unpaired) electrons. The van der Waals surface area contributed by atoms with E-state index in [1.807, 2.05) is 0 Å². The molecule has 2 fully saturated rings. The molecular formula is C15H18FNO5S. The number of carboxylic acids is 1. The standard InChI is InChI=1S/C15H18FNO5S/c1-9-12(14(18)19)6-11(7-13(9)16)23(20,21)17-15(3-4-15)10-2-5-22-8-10/h6-7,10,17H,2-5,8H2,1H3,(H,18,19). The van der Waals surface area contributed by atoms with Crippen LogP contribution >= 0.6 is 0 Å². The normalized spacial score (nSPS) is 23.0. The molecule has 0 amide bonds. The zero-order valence-corrected chi connectivity index (χ0v) is 13.5. The number of ether oxygens (including phenoxy) is 1. The number of hydrogen-bond acceptors (Lipinski definition) is 4. The highest BCUT2D eigenvalue weighted by atomic mass is 32.2. The molecule has 2 aliphatic rings. The van der Waals surface area contributed by atoms with Gasteiger partial charge in [-0.1, -0.05) is 0 Å². The molecule has 1 aliphatic heterocycles. The average Bonchev–Trinajstić information content (AvgIpc) is 3.02. The predicted molar refractivity (Wildman–Crippen MR) is 79.3 cm³/mol. The summed E-state index contributed by atoms with van der Waals surface area (Å²) in [5, 5.41) is 9.10. The maximum atomic E-state index is 13.9. The maximum Gasteiger partial charge on any atom is 0.336 e. The van der Waals surface area contributed by atoms with E-state index < -0.39 is 27.3 Å². The van der Waals surface area contributed by atoms with Crippen LogP contribution in [0.25, 0.3) is 0 Å². The van der Waals surface area contributed by atoms with Crippen molar-refractivity contribution in [3.8, 4) is 0 Å². The van der Waals surface area contributed by atoms with Gasteiger partial charge in [0, 0.05) is 18.1 Å². The summed E-state index contributed by atoms with van der Waals surface area (Å²) in [7, 11) is -4.00. The molecule has 23 heavy (non-hydrogen) atoms. The summed E-state index contributed by atoms with van der Waals surface area (Å²) < 4.78 is 47.0. The van der Waals surface area contributed by atoms with Gasteiger partial charge < -0.3 is 9.84 Å². The highest BCUT2D eigenvalue weighted by Gasteiger charge is 2.53. The van der Waals surface area contributed by atoms with Crippen molar-refractivity contribution in [3.05, 3.63) is 29.1 Å². The fourth-order valence-corrected chi connectivity index (χ4v) is 4.61. The van der Waals surface area contributed by atoms with Crippen LogP contribution in [-0.2, 0) is 14.8 Å². The van der Waals surface area contributed by atoms with Crippen LogP contribution < -0.4 is 4.72 Å². The third-order valence-corrected chi connectivity index (χ3v) is 6.23. The lowest BCUT2D eigenvalue weighted by molar-refractivity contribution is 0.0695. The van der Waals surface area contributed by atoms with Crippen molar-refractivity contribution in [2.24, 2.45) is 5.92 Å². The molecule has 1 atom stereocenters. The molecule has 3 rings (SSSR count). The molecule has 0 bridgehead atoms. The molecule has 1 aromatic rings. The Kier molecular flexibility index (Phi) is 3.94. The van der Waals surface area contributed by atoms with Crippen molar-refractivity contribution >= 4 is 16.0 Å². The van der Waals surface area contributed by atoms with Crippen LogP contribution in [-0.4, -0.2) is 38.2 Å². The first kappa shape index (κ1) is 16.4. The lowest BCUT2D eigenvalue weighted by Gasteiger charge is -2.23. The molecule has 1 saturated heterocycles. The highest BCUT2D eigenvalue weighted by Crippen LogP contribution is 2.46. The van der Waals surface area contributed by atoms with Crippen LogP contribution in [0.15, 0.2) is 17.0 Å². The van der Waals surface area contributed by atoms with Gasteiger partial charge in [-0.3, -0.25) is 0 Å². The first-order chi connectivity index (χ1) is 10.8. The van der Waals surface area contributed by atoms with Crippen molar-refractivity contribution in [2.75, 3.05) is 13.2 Å². The van der Waals surface area contributed by atoms with Gasteiger partial charge >= 0.3 is 5.97 Å². The first-order valence-electron chi connectivity index (χ1n) is 7.40. The largest absolute Gasteiger partial charge is 0.478 e. The average molecular weight is 343 g/mol. The minimum absolute atomic E-state index is 0.0817. The Labute approximate surface area is 133 Å². The predicted octanol–water partition coefficient (Wildman–Crippen LogP) is 1.68. The third-order valence-electron chi connectivity index (χ3n) is 4.70. The van der Waals surface area contributed by atoms with E-state index in [-0.39, 0.29) is 21.9 Å². The van der Waals surface area contributed by atoms with E-state index in [0.717, 1.165) is 18.6 Å². The van der Waals surface area contributed by atoms with Crippen LogP contribution in [0.4, 0.5) is 4.39 Å². The van der Waals surface area contributed by atoms with E-state index in [1.165, 1.54) is 6.92 Å². The summed E-state index contributed by atoms with van der Waals surface area (Å²) in [6.45, 7) is 2.42. The van der Waals surface area contributed by atoms with Crippen LogP contribution in [0.5, 0.6) is 0 Å². The molecule has 0 spiro atoms. The lowest BCUT2D eigenvalue weighted by atomic mass is 9.98. The Balaban J connectivity index is 1.93. The van der Waals surface area contributed by atoms with Gasteiger partial charge in [0.1, 0.15) is 5.82 Å². The Bertz CT molecular complexity index is 751. The number of aromatic carboxylic acids is 1. The topological polar surface area (TPSA) is 92.7 Å². The maximum absolute atomic E-state index is 13.9. The molecule has 1 aromatic carbocycles. The second-order valence-corrected chi connectivity index (χ2v) is 7.89. The van der Waals surface area contributed by atoms with E-state index in [0.29, 0.717) is 26.1 Å². The summed E-state index contributed by atoms with van der Waals surface area (Å²) in [6, 6.07) is 1.87. The number of nitrogens with one attached hydrogen (secondary N) is 1. The fraction of sp³-hybridized carbons (Fsp3) is 0.533. The summed E-state index contributed by atoms with van der Waals surface area (Å²) in [6.07, 6.45) is 2.20. The Morgan fingerprint density at radius 1 is 1.43 bits per heavy atom. The Morgan fingerprint density at radius 2 is 2.13 bits per heavy atom. The summed E-state index contributed by atoms with van der Waals surface area (Å²) in [5.74, 6) is -2.10. The number of halogens is 1. The first-order valence-corrected chi connectivity index (χ1v) is 8.89. The summed E-state index contributed by atoms with van der Waals surface area (Å²) in [4.78, 5) is 10.8. The van der Waals surface area contributed by atoms with Crippen LogP contribution in [0, 0.1) is 18.7 Å². The zero-order valence-electron chi connectivity index (χ0n) is 12.6. The van der Waals surface area contributed by atoms with Gasteiger partial charge in [-0.25, -0.2) is 22.3 Å². The van der Waals surface area contributed by atoms with Gasteiger partial charge in [0.2, 0.25) is 10.0 Å². The number of sulfonamides is 1. The molecule has 8 heteroatoms. The zero-order chi connectivity index (χ0) is 16.8. The Hall–Kier alpha value is -1.51. The number of carboxylic acid groups (broad SMARTS) is 1. The molecule has 2 N–H and O–H groups in total. The molecule has 1 heterocycles. The molecule has 1 saturated carbocycles. The van der Waals surface area contributed by atoms with Crippen LogP contribution in [0.3, 0.4) is 0 Å².